The number of aryl methyl sites for hydroxylation is 1. The number of aliphatic hydroxyl groups is 1. The van der Waals surface area contributed by atoms with E-state index in [-0.39, 0.29) is 5.78 Å². The van der Waals surface area contributed by atoms with Gasteiger partial charge in [-0.2, -0.15) is 0 Å². The zero-order valence-electron chi connectivity index (χ0n) is 14.4. The first-order valence-corrected chi connectivity index (χ1v) is 8.35. The predicted octanol–water partition coefficient (Wildman–Crippen LogP) is 2.97. The zero-order chi connectivity index (χ0) is 17.4. The molecule has 0 amide bonds. The second kappa shape index (κ2) is 6.15. The van der Waals surface area contributed by atoms with Crippen LogP contribution in [0.15, 0.2) is 35.0 Å². The highest BCUT2D eigenvalue weighted by atomic mass is 16.5. The maximum atomic E-state index is 13.4. The van der Waals surface area contributed by atoms with Gasteiger partial charge in [0, 0.05) is 12.1 Å². The lowest BCUT2D eigenvalue weighted by atomic mass is 9.64. The van der Waals surface area contributed by atoms with Crippen LogP contribution in [0.25, 0.3) is 11.3 Å². The lowest BCUT2D eigenvalue weighted by molar-refractivity contribution is -0.0482. The number of hydrogen-bond donors (Lipinski definition) is 2. The third-order valence-corrected chi connectivity index (χ3v) is 5.19. The Labute approximate surface area is 142 Å². The van der Waals surface area contributed by atoms with Crippen molar-refractivity contribution in [3.05, 3.63) is 41.6 Å². The summed E-state index contributed by atoms with van der Waals surface area (Å²) < 4.78 is 5.43. The number of hydrogen-bond acceptors (Lipinski definition) is 5. The van der Waals surface area contributed by atoms with Crippen molar-refractivity contribution in [2.75, 3.05) is 13.1 Å². The van der Waals surface area contributed by atoms with E-state index >= 15 is 0 Å². The minimum atomic E-state index is -1.14. The molecule has 0 spiro atoms. The molecule has 0 bridgehead atoms. The van der Waals surface area contributed by atoms with Crippen LogP contribution in [0.4, 0.5) is 0 Å². The Hall–Kier alpha value is -1.98. The number of ketones is 1. The van der Waals surface area contributed by atoms with Crippen LogP contribution in [-0.2, 0) is 0 Å². The highest BCUT2D eigenvalue weighted by Gasteiger charge is 2.51. The molecule has 1 aliphatic rings. The average molecular weight is 328 g/mol. The summed E-state index contributed by atoms with van der Waals surface area (Å²) in [5.41, 5.74) is 0.289. The van der Waals surface area contributed by atoms with Gasteiger partial charge in [-0.15, -0.1) is 0 Å². The van der Waals surface area contributed by atoms with Gasteiger partial charge in [0.1, 0.15) is 0 Å². The Morgan fingerprint density at radius 1 is 1.38 bits per heavy atom. The van der Waals surface area contributed by atoms with Gasteiger partial charge < -0.3 is 14.9 Å². The summed E-state index contributed by atoms with van der Waals surface area (Å²) in [7, 11) is 0. The molecule has 1 fully saturated rings. The molecular formula is C19H24N2O3. The summed E-state index contributed by atoms with van der Waals surface area (Å²) in [5, 5.41) is 17.9. The number of nitrogens with one attached hydrogen (secondary N) is 1. The fourth-order valence-corrected chi connectivity index (χ4v) is 3.58. The first kappa shape index (κ1) is 16.9. The van der Waals surface area contributed by atoms with Crippen LogP contribution >= 0.6 is 0 Å². The minimum absolute atomic E-state index is 0.110. The van der Waals surface area contributed by atoms with Crippen LogP contribution in [0, 0.1) is 12.3 Å². The highest BCUT2D eigenvalue weighted by molar-refractivity contribution is 6.05. The molecule has 1 aromatic carbocycles. The molecule has 128 valence electrons. The third kappa shape index (κ3) is 2.68. The quantitative estimate of drug-likeness (QED) is 0.844. The van der Waals surface area contributed by atoms with Crippen LogP contribution in [-0.4, -0.2) is 34.7 Å². The summed E-state index contributed by atoms with van der Waals surface area (Å²) in [5.74, 6) is 0.369. The van der Waals surface area contributed by atoms with Gasteiger partial charge in [-0.3, -0.25) is 4.79 Å². The van der Waals surface area contributed by atoms with Crippen molar-refractivity contribution >= 4 is 5.78 Å². The van der Waals surface area contributed by atoms with Gasteiger partial charge in [-0.05, 0) is 45.7 Å². The summed E-state index contributed by atoms with van der Waals surface area (Å²) in [6, 6.07) is 7.75. The standard InChI is InChI=1S/C19H24N2O3/c1-13-7-4-5-8-14(13)16-15(11-21-24-16)17(22)19(18(2,3)23)9-6-10-20-12-19/h4-5,7-8,11,20,23H,6,9-10,12H2,1-3H3/t19-/m1/s1. The molecule has 0 aliphatic carbocycles. The molecule has 1 aromatic heterocycles. The van der Waals surface area contributed by atoms with E-state index in [0.29, 0.717) is 24.3 Å². The van der Waals surface area contributed by atoms with E-state index < -0.39 is 11.0 Å². The molecule has 24 heavy (non-hydrogen) atoms. The molecule has 0 saturated carbocycles. The average Bonchev–Trinajstić information content (AvgIpc) is 3.03. The summed E-state index contributed by atoms with van der Waals surface area (Å²) >= 11 is 0. The molecule has 0 radical (unpaired) electrons. The molecule has 0 unspecified atom stereocenters. The Bertz CT molecular complexity index is 737. The van der Waals surface area contributed by atoms with Gasteiger partial charge in [0.25, 0.3) is 0 Å². The van der Waals surface area contributed by atoms with E-state index in [1.807, 2.05) is 31.2 Å². The molecule has 5 heteroatoms. The first-order chi connectivity index (χ1) is 11.4. The van der Waals surface area contributed by atoms with Crippen LogP contribution in [0.1, 0.15) is 42.6 Å². The minimum Gasteiger partial charge on any atom is -0.389 e. The van der Waals surface area contributed by atoms with E-state index in [2.05, 4.69) is 10.5 Å². The molecule has 1 saturated heterocycles. The fourth-order valence-electron chi connectivity index (χ4n) is 3.58. The number of carbonyl (C=O) groups is 1. The molecular weight excluding hydrogens is 304 g/mol. The van der Waals surface area contributed by atoms with E-state index in [1.54, 1.807) is 13.8 Å². The number of carbonyl (C=O) groups excluding carboxylic acids is 1. The molecule has 1 aliphatic heterocycles. The van der Waals surface area contributed by atoms with E-state index in [4.69, 9.17) is 4.52 Å². The Morgan fingerprint density at radius 3 is 2.75 bits per heavy atom. The highest BCUT2D eigenvalue weighted by Crippen LogP contribution is 2.42. The van der Waals surface area contributed by atoms with Crippen molar-refractivity contribution < 1.29 is 14.4 Å². The lowest BCUT2D eigenvalue weighted by Gasteiger charge is -2.44. The maximum absolute atomic E-state index is 13.4. The maximum Gasteiger partial charge on any atom is 0.178 e. The normalized spacial score (nSPS) is 21.7. The number of aromatic nitrogens is 1. The van der Waals surface area contributed by atoms with Crippen LogP contribution in [0.3, 0.4) is 0 Å². The monoisotopic (exact) mass is 328 g/mol. The topological polar surface area (TPSA) is 75.4 Å². The third-order valence-electron chi connectivity index (χ3n) is 5.19. The van der Waals surface area contributed by atoms with E-state index in [1.165, 1.54) is 6.20 Å². The Balaban J connectivity index is 2.08. The van der Waals surface area contributed by atoms with Crippen molar-refractivity contribution in [2.45, 2.75) is 39.2 Å². The number of nitrogens with zero attached hydrogens (tertiary/aromatic N) is 1. The molecule has 5 nitrogen and oxygen atoms in total. The Morgan fingerprint density at radius 2 is 2.12 bits per heavy atom. The van der Waals surface area contributed by atoms with Gasteiger partial charge in [0.15, 0.2) is 11.5 Å². The van der Waals surface area contributed by atoms with Crippen molar-refractivity contribution in [2.24, 2.45) is 5.41 Å². The van der Waals surface area contributed by atoms with Gasteiger partial charge >= 0.3 is 0 Å². The SMILES string of the molecule is Cc1ccccc1-c1oncc1C(=O)[C@@]1(C(C)(C)O)CCCNC1. The van der Waals surface area contributed by atoms with Crippen LogP contribution in [0.5, 0.6) is 0 Å². The van der Waals surface area contributed by atoms with E-state index in [0.717, 1.165) is 24.1 Å². The van der Waals surface area contributed by atoms with Gasteiger partial charge in [-0.25, -0.2) is 0 Å². The van der Waals surface area contributed by atoms with Crippen molar-refractivity contribution in [1.29, 1.82) is 0 Å². The van der Waals surface area contributed by atoms with E-state index in [9.17, 15) is 9.90 Å². The smallest absolute Gasteiger partial charge is 0.178 e. The predicted molar refractivity (Wildman–Crippen MR) is 91.8 cm³/mol. The second-order valence-corrected chi connectivity index (χ2v) is 7.13. The van der Waals surface area contributed by atoms with Crippen LogP contribution in [0.2, 0.25) is 0 Å². The first-order valence-electron chi connectivity index (χ1n) is 8.35. The lowest BCUT2D eigenvalue weighted by Crippen LogP contribution is -2.57. The fraction of sp³-hybridized carbons (Fsp3) is 0.474. The molecule has 2 N–H and O–H groups in total. The van der Waals surface area contributed by atoms with Crippen LogP contribution < -0.4 is 5.32 Å². The van der Waals surface area contributed by atoms with Crippen molar-refractivity contribution in [3.63, 3.8) is 0 Å². The molecule has 2 aromatic rings. The van der Waals surface area contributed by atoms with Gasteiger partial charge in [-0.1, -0.05) is 29.4 Å². The Kier molecular flexibility index (Phi) is 4.32. The van der Waals surface area contributed by atoms with Gasteiger partial charge in [0.2, 0.25) is 0 Å². The number of Topliss-reactive ketones (excluding diaryl/α,β-unsaturated/α-hetero) is 1. The number of piperidine rings is 1. The van der Waals surface area contributed by atoms with Gasteiger partial charge in [0.05, 0.1) is 22.8 Å². The summed E-state index contributed by atoms with van der Waals surface area (Å²) in [6.07, 6.45) is 2.97. The largest absolute Gasteiger partial charge is 0.389 e. The number of rotatable bonds is 4. The number of benzene rings is 1. The summed E-state index contributed by atoms with van der Waals surface area (Å²) in [4.78, 5) is 13.4. The molecule has 2 heterocycles. The molecule has 3 rings (SSSR count). The molecule has 1 atom stereocenters. The zero-order valence-corrected chi connectivity index (χ0v) is 14.4. The second-order valence-electron chi connectivity index (χ2n) is 7.13. The van der Waals surface area contributed by atoms with Crippen molar-refractivity contribution in [3.8, 4) is 11.3 Å². The summed E-state index contributed by atoms with van der Waals surface area (Å²) in [6.45, 7) is 6.70. The van der Waals surface area contributed by atoms with Crippen molar-refractivity contribution in [1.82, 2.24) is 10.5 Å².